The van der Waals surface area contributed by atoms with E-state index in [1.165, 1.54) is 12.1 Å². The second kappa shape index (κ2) is 7.03. The summed E-state index contributed by atoms with van der Waals surface area (Å²) in [7, 11) is 0. The lowest BCUT2D eigenvalue weighted by molar-refractivity contribution is -0.138. The van der Waals surface area contributed by atoms with Crippen LogP contribution in [0, 0.1) is 0 Å². The quantitative estimate of drug-likeness (QED) is 0.577. The molecule has 0 atom stereocenters. The molecular formula is C16H15N3O3. The Hall–Kier alpha value is -3.15. The van der Waals surface area contributed by atoms with Gasteiger partial charge in [-0.05, 0) is 17.7 Å². The molecule has 0 fully saturated rings. The van der Waals surface area contributed by atoms with Crippen molar-refractivity contribution in [2.45, 2.75) is 6.54 Å². The van der Waals surface area contributed by atoms with E-state index in [1.54, 1.807) is 12.1 Å². The Morgan fingerprint density at radius 2 is 1.50 bits per heavy atom. The van der Waals surface area contributed by atoms with Crippen LogP contribution in [-0.2, 0) is 16.1 Å². The fraction of sp³-hybridized carbons (Fsp3) is 0.0625. The number of nitrogen functional groups attached to an aromatic ring is 1. The Morgan fingerprint density at radius 3 is 2.18 bits per heavy atom. The van der Waals surface area contributed by atoms with E-state index in [0.717, 1.165) is 5.56 Å². The van der Waals surface area contributed by atoms with Crippen molar-refractivity contribution in [2.75, 3.05) is 5.73 Å². The zero-order valence-corrected chi connectivity index (χ0v) is 11.7. The number of benzene rings is 2. The third-order valence-corrected chi connectivity index (χ3v) is 2.93. The molecule has 6 nitrogen and oxygen atoms in total. The fourth-order valence-corrected chi connectivity index (χ4v) is 1.79. The molecule has 0 saturated carbocycles. The first kappa shape index (κ1) is 15.2. The zero-order chi connectivity index (χ0) is 15.9. The van der Waals surface area contributed by atoms with E-state index in [9.17, 15) is 14.4 Å². The average Bonchev–Trinajstić information content (AvgIpc) is 2.53. The molecule has 112 valence electrons. The van der Waals surface area contributed by atoms with Crippen molar-refractivity contribution < 1.29 is 14.4 Å². The number of para-hydroxylation sites is 1. The number of nitrogens with two attached hydrogens (primary N) is 1. The van der Waals surface area contributed by atoms with Gasteiger partial charge in [0.05, 0.1) is 5.56 Å². The summed E-state index contributed by atoms with van der Waals surface area (Å²) in [5, 5.41) is 4.44. The Labute approximate surface area is 127 Å². The smallest absolute Gasteiger partial charge is 0.316 e. The van der Waals surface area contributed by atoms with Gasteiger partial charge in [-0.2, -0.15) is 0 Å². The third kappa shape index (κ3) is 3.92. The van der Waals surface area contributed by atoms with E-state index in [4.69, 9.17) is 5.73 Å². The van der Waals surface area contributed by atoms with Gasteiger partial charge in [0.15, 0.2) is 0 Å². The molecule has 0 aliphatic heterocycles. The Kier molecular flexibility index (Phi) is 4.87. The molecule has 0 aliphatic carbocycles. The number of imide groups is 1. The van der Waals surface area contributed by atoms with E-state index in [2.05, 4.69) is 5.32 Å². The van der Waals surface area contributed by atoms with Gasteiger partial charge >= 0.3 is 11.8 Å². The minimum Gasteiger partial charge on any atom is -0.398 e. The monoisotopic (exact) mass is 297 g/mol. The average molecular weight is 297 g/mol. The number of carbonyl (C=O) groups excluding carboxylic acids is 3. The van der Waals surface area contributed by atoms with Crippen molar-refractivity contribution in [3.63, 3.8) is 0 Å². The molecule has 0 aromatic heterocycles. The molecule has 3 amide bonds. The number of nitrogens with one attached hydrogen (secondary N) is 2. The lowest BCUT2D eigenvalue weighted by atomic mass is 10.1. The number of amides is 3. The van der Waals surface area contributed by atoms with Crippen molar-refractivity contribution in [1.29, 1.82) is 0 Å². The van der Waals surface area contributed by atoms with Gasteiger partial charge in [0.1, 0.15) is 0 Å². The van der Waals surface area contributed by atoms with Crippen LogP contribution in [0.5, 0.6) is 0 Å². The molecule has 22 heavy (non-hydrogen) atoms. The van der Waals surface area contributed by atoms with Gasteiger partial charge in [-0.1, -0.05) is 42.5 Å². The number of rotatable bonds is 3. The highest BCUT2D eigenvalue weighted by Crippen LogP contribution is 2.09. The van der Waals surface area contributed by atoms with Gasteiger partial charge in [0.2, 0.25) is 0 Å². The van der Waals surface area contributed by atoms with Crippen LogP contribution in [0.15, 0.2) is 54.6 Å². The number of anilines is 1. The maximum absolute atomic E-state index is 11.9. The molecule has 0 unspecified atom stereocenters. The predicted molar refractivity (Wildman–Crippen MR) is 81.6 cm³/mol. The largest absolute Gasteiger partial charge is 0.398 e. The van der Waals surface area contributed by atoms with Crippen molar-refractivity contribution in [3.05, 3.63) is 65.7 Å². The molecule has 0 aliphatic rings. The van der Waals surface area contributed by atoms with Crippen molar-refractivity contribution >= 4 is 23.4 Å². The van der Waals surface area contributed by atoms with Crippen LogP contribution in [0.2, 0.25) is 0 Å². The predicted octanol–water partition coefficient (Wildman–Crippen LogP) is 0.842. The minimum absolute atomic E-state index is 0.145. The molecule has 0 saturated heterocycles. The number of hydrogen-bond donors (Lipinski definition) is 3. The highest BCUT2D eigenvalue weighted by Gasteiger charge is 2.18. The second-order valence-corrected chi connectivity index (χ2v) is 4.54. The molecule has 2 aromatic rings. The molecule has 0 radical (unpaired) electrons. The molecular weight excluding hydrogens is 282 g/mol. The van der Waals surface area contributed by atoms with E-state index in [0.29, 0.717) is 0 Å². The highest BCUT2D eigenvalue weighted by molar-refractivity contribution is 6.38. The van der Waals surface area contributed by atoms with E-state index in [1.807, 2.05) is 35.6 Å². The van der Waals surface area contributed by atoms with Gasteiger partial charge in [0.25, 0.3) is 5.91 Å². The first-order valence-electron chi connectivity index (χ1n) is 6.60. The van der Waals surface area contributed by atoms with Crippen LogP contribution < -0.4 is 16.4 Å². The first-order chi connectivity index (χ1) is 10.6. The van der Waals surface area contributed by atoms with Gasteiger partial charge in [0, 0.05) is 12.2 Å². The van der Waals surface area contributed by atoms with Crippen molar-refractivity contribution in [1.82, 2.24) is 10.6 Å². The highest BCUT2D eigenvalue weighted by atomic mass is 16.2. The lowest BCUT2D eigenvalue weighted by Crippen LogP contribution is -2.42. The van der Waals surface area contributed by atoms with Crippen LogP contribution in [0.1, 0.15) is 15.9 Å². The Morgan fingerprint density at radius 1 is 0.864 bits per heavy atom. The normalized spacial score (nSPS) is 9.82. The van der Waals surface area contributed by atoms with Gasteiger partial charge in [-0.25, -0.2) is 0 Å². The zero-order valence-electron chi connectivity index (χ0n) is 11.7. The molecule has 2 rings (SSSR count). The lowest BCUT2D eigenvalue weighted by Gasteiger charge is -2.07. The molecule has 0 bridgehead atoms. The first-order valence-corrected chi connectivity index (χ1v) is 6.60. The summed E-state index contributed by atoms with van der Waals surface area (Å²) in [5.41, 5.74) is 6.86. The minimum atomic E-state index is -1.02. The maximum atomic E-state index is 11.9. The fourth-order valence-electron chi connectivity index (χ4n) is 1.79. The Bertz CT molecular complexity index is 699. The van der Waals surface area contributed by atoms with Crippen molar-refractivity contribution in [3.8, 4) is 0 Å². The van der Waals surface area contributed by atoms with Gasteiger partial charge in [-0.3, -0.25) is 19.7 Å². The van der Waals surface area contributed by atoms with Crippen LogP contribution in [-0.4, -0.2) is 17.7 Å². The van der Waals surface area contributed by atoms with Crippen LogP contribution in [0.25, 0.3) is 0 Å². The topological polar surface area (TPSA) is 101 Å². The van der Waals surface area contributed by atoms with E-state index >= 15 is 0 Å². The summed E-state index contributed by atoms with van der Waals surface area (Å²) in [4.78, 5) is 35.2. The molecule has 4 N–H and O–H groups in total. The van der Waals surface area contributed by atoms with Crippen LogP contribution in [0.4, 0.5) is 5.69 Å². The molecule has 0 spiro atoms. The SMILES string of the molecule is Nc1ccccc1C(=O)NC(=O)C(=O)NCc1ccccc1. The summed E-state index contributed by atoms with van der Waals surface area (Å²) in [6.07, 6.45) is 0. The van der Waals surface area contributed by atoms with E-state index < -0.39 is 17.7 Å². The van der Waals surface area contributed by atoms with E-state index in [-0.39, 0.29) is 17.8 Å². The summed E-state index contributed by atoms with van der Waals surface area (Å²) in [6.45, 7) is 0.203. The summed E-state index contributed by atoms with van der Waals surface area (Å²) >= 11 is 0. The maximum Gasteiger partial charge on any atom is 0.316 e. The van der Waals surface area contributed by atoms with Crippen molar-refractivity contribution in [2.24, 2.45) is 0 Å². The van der Waals surface area contributed by atoms with Gasteiger partial charge < -0.3 is 11.1 Å². The number of carbonyl (C=O) groups is 3. The summed E-state index contributed by atoms with van der Waals surface area (Å²) < 4.78 is 0. The molecule has 6 heteroatoms. The van der Waals surface area contributed by atoms with Gasteiger partial charge in [-0.15, -0.1) is 0 Å². The second-order valence-electron chi connectivity index (χ2n) is 4.54. The third-order valence-electron chi connectivity index (χ3n) is 2.93. The van der Waals surface area contributed by atoms with Crippen LogP contribution >= 0.6 is 0 Å². The summed E-state index contributed by atoms with van der Waals surface area (Å²) in [5.74, 6) is -2.62. The van der Waals surface area contributed by atoms with Crippen LogP contribution in [0.3, 0.4) is 0 Å². The molecule has 2 aromatic carbocycles. The number of hydrogen-bond acceptors (Lipinski definition) is 4. The molecule has 0 heterocycles. The standard InChI is InChI=1S/C16H15N3O3/c17-13-9-5-4-8-12(13)14(20)19-16(22)15(21)18-10-11-6-2-1-3-7-11/h1-9H,10,17H2,(H,18,21)(H,19,20,22). The Balaban J connectivity index is 1.90. The summed E-state index contributed by atoms with van der Waals surface area (Å²) in [6, 6.07) is 15.4.